The maximum atomic E-state index is 12.4. The lowest BCUT2D eigenvalue weighted by Crippen LogP contribution is -2.19. The van der Waals surface area contributed by atoms with E-state index in [1.54, 1.807) is 6.20 Å². The number of aryl methyl sites for hydroxylation is 2. The van der Waals surface area contributed by atoms with Gasteiger partial charge in [0, 0.05) is 31.5 Å². The van der Waals surface area contributed by atoms with E-state index in [0.717, 1.165) is 30.0 Å². The summed E-state index contributed by atoms with van der Waals surface area (Å²) in [5.41, 5.74) is 3.36. The molecule has 0 spiro atoms. The van der Waals surface area contributed by atoms with Gasteiger partial charge in [0.15, 0.2) is 5.78 Å². The van der Waals surface area contributed by atoms with E-state index < -0.39 is 0 Å². The number of nitrogens with zero attached hydrogens (tertiary/aromatic N) is 2. The molecule has 26 heavy (non-hydrogen) atoms. The Bertz CT molecular complexity index is 793. The zero-order valence-electron chi connectivity index (χ0n) is 15.4. The quantitative estimate of drug-likeness (QED) is 0.802. The number of anilines is 2. The van der Waals surface area contributed by atoms with Crippen LogP contribution in [0, 0.1) is 13.8 Å². The maximum absolute atomic E-state index is 12.4. The molecule has 2 heterocycles. The third-order valence-corrected chi connectivity index (χ3v) is 4.73. The molecule has 0 radical (unpaired) electrons. The fourth-order valence-electron chi connectivity index (χ4n) is 3.21. The van der Waals surface area contributed by atoms with Crippen molar-refractivity contribution >= 4 is 23.2 Å². The Morgan fingerprint density at radius 1 is 1.08 bits per heavy atom. The summed E-state index contributed by atoms with van der Waals surface area (Å²) < 4.78 is 0. The fourth-order valence-corrected chi connectivity index (χ4v) is 3.21. The van der Waals surface area contributed by atoms with Crippen LogP contribution in [-0.4, -0.2) is 29.8 Å². The van der Waals surface area contributed by atoms with E-state index >= 15 is 0 Å². The predicted octanol–water partition coefficient (Wildman–Crippen LogP) is 3.90. The largest absolute Gasteiger partial charge is 0.357 e. The lowest BCUT2D eigenvalue weighted by molar-refractivity contribution is -0.116. The Morgan fingerprint density at radius 3 is 2.54 bits per heavy atom. The Balaban J connectivity index is 1.52. The van der Waals surface area contributed by atoms with Crippen molar-refractivity contribution in [2.45, 2.75) is 39.5 Å². The SMILES string of the molecule is Cc1ccc(C)c(C(=O)CCC(=O)Nc2ccc(N3CCCC3)nc2)c1. The number of rotatable bonds is 6. The molecular weight excluding hydrogens is 326 g/mol. The average Bonchev–Trinajstić information content (AvgIpc) is 3.17. The highest BCUT2D eigenvalue weighted by Gasteiger charge is 2.14. The summed E-state index contributed by atoms with van der Waals surface area (Å²) in [6.07, 6.45) is 4.46. The molecule has 0 unspecified atom stereocenters. The fraction of sp³-hybridized carbons (Fsp3) is 0.381. The summed E-state index contributed by atoms with van der Waals surface area (Å²) in [6, 6.07) is 9.61. The first-order valence-electron chi connectivity index (χ1n) is 9.14. The molecule has 3 rings (SSSR count). The van der Waals surface area contributed by atoms with Crippen molar-refractivity contribution in [3.63, 3.8) is 0 Å². The number of carbonyl (C=O) groups excluding carboxylic acids is 2. The Kier molecular flexibility index (Phi) is 5.66. The van der Waals surface area contributed by atoms with Gasteiger partial charge in [0.25, 0.3) is 0 Å². The van der Waals surface area contributed by atoms with Crippen molar-refractivity contribution < 1.29 is 9.59 Å². The first-order chi connectivity index (χ1) is 12.5. The number of Topliss-reactive ketones (excluding diaryl/α,β-unsaturated/α-hetero) is 1. The Labute approximate surface area is 154 Å². The van der Waals surface area contributed by atoms with Gasteiger partial charge in [0.2, 0.25) is 5.91 Å². The molecule has 136 valence electrons. The maximum Gasteiger partial charge on any atom is 0.224 e. The van der Waals surface area contributed by atoms with E-state index in [1.807, 2.05) is 44.2 Å². The molecule has 5 nitrogen and oxygen atoms in total. The van der Waals surface area contributed by atoms with Crippen LogP contribution < -0.4 is 10.2 Å². The number of aromatic nitrogens is 1. The number of nitrogens with one attached hydrogen (secondary N) is 1. The lowest BCUT2D eigenvalue weighted by Gasteiger charge is -2.16. The molecule has 1 fully saturated rings. The number of hydrogen-bond acceptors (Lipinski definition) is 4. The van der Waals surface area contributed by atoms with Crippen molar-refractivity contribution in [3.8, 4) is 0 Å². The third-order valence-electron chi connectivity index (χ3n) is 4.73. The molecule has 0 aliphatic carbocycles. The highest BCUT2D eigenvalue weighted by atomic mass is 16.2. The van der Waals surface area contributed by atoms with Crippen LogP contribution in [0.2, 0.25) is 0 Å². The molecule has 1 amide bonds. The Morgan fingerprint density at radius 2 is 1.85 bits per heavy atom. The van der Waals surface area contributed by atoms with E-state index in [4.69, 9.17) is 0 Å². The average molecular weight is 351 g/mol. The predicted molar refractivity (Wildman–Crippen MR) is 104 cm³/mol. The first kappa shape index (κ1) is 18.1. The van der Waals surface area contributed by atoms with Crippen molar-refractivity contribution in [2.75, 3.05) is 23.3 Å². The van der Waals surface area contributed by atoms with Gasteiger partial charge in [-0.2, -0.15) is 0 Å². The second kappa shape index (κ2) is 8.13. The van der Waals surface area contributed by atoms with Gasteiger partial charge < -0.3 is 10.2 Å². The highest BCUT2D eigenvalue weighted by Crippen LogP contribution is 2.19. The molecular formula is C21H25N3O2. The summed E-state index contributed by atoms with van der Waals surface area (Å²) in [6.45, 7) is 5.96. The highest BCUT2D eigenvalue weighted by molar-refractivity contribution is 6.01. The number of carbonyl (C=O) groups is 2. The van der Waals surface area contributed by atoms with Crippen LogP contribution in [0.1, 0.15) is 47.2 Å². The molecule has 1 saturated heterocycles. The molecule has 0 atom stereocenters. The summed E-state index contributed by atoms with van der Waals surface area (Å²) in [5, 5.41) is 2.82. The molecule has 1 N–H and O–H groups in total. The van der Waals surface area contributed by atoms with E-state index in [2.05, 4.69) is 15.2 Å². The minimum Gasteiger partial charge on any atom is -0.357 e. The zero-order valence-corrected chi connectivity index (χ0v) is 15.4. The zero-order chi connectivity index (χ0) is 18.5. The molecule has 0 bridgehead atoms. The van der Waals surface area contributed by atoms with Crippen molar-refractivity contribution in [1.82, 2.24) is 4.98 Å². The van der Waals surface area contributed by atoms with Crippen LogP contribution >= 0.6 is 0 Å². The second-order valence-corrected chi connectivity index (χ2v) is 6.89. The monoisotopic (exact) mass is 351 g/mol. The van der Waals surface area contributed by atoms with Gasteiger partial charge in [-0.3, -0.25) is 9.59 Å². The van der Waals surface area contributed by atoms with Gasteiger partial charge in [0.1, 0.15) is 5.82 Å². The second-order valence-electron chi connectivity index (χ2n) is 6.89. The number of hydrogen-bond donors (Lipinski definition) is 1. The van der Waals surface area contributed by atoms with Gasteiger partial charge in [0.05, 0.1) is 11.9 Å². The smallest absolute Gasteiger partial charge is 0.224 e. The first-order valence-corrected chi connectivity index (χ1v) is 9.14. The number of benzene rings is 1. The number of ketones is 1. The summed E-state index contributed by atoms with van der Waals surface area (Å²) in [5.74, 6) is 0.786. The number of pyridine rings is 1. The number of amides is 1. The van der Waals surface area contributed by atoms with Crippen LogP contribution in [0.25, 0.3) is 0 Å². The molecule has 1 aliphatic heterocycles. The van der Waals surface area contributed by atoms with E-state index in [-0.39, 0.29) is 24.5 Å². The van der Waals surface area contributed by atoms with Crippen LogP contribution in [0.4, 0.5) is 11.5 Å². The van der Waals surface area contributed by atoms with Crippen LogP contribution in [-0.2, 0) is 4.79 Å². The minimum atomic E-state index is -0.167. The lowest BCUT2D eigenvalue weighted by atomic mass is 9.99. The van der Waals surface area contributed by atoms with Crippen molar-refractivity contribution in [3.05, 3.63) is 53.2 Å². The standard InChI is InChI=1S/C21H25N3O2/c1-15-5-6-16(2)18(13-15)19(25)8-10-21(26)23-17-7-9-20(22-14-17)24-11-3-4-12-24/h5-7,9,13-14H,3-4,8,10-12H2,1-2H3,(H,23,26). The van der Waals surface area contributed by atoms with Gasteiger partial charge in [-0.25, -0.2) is 4.98 Å². The third kappa shape index (κ3) is 4.48. The molecule has 1 aliphatic rings. The van der Waals surface area contributed by atoms with Gasteiger partial charge in [-0.05, 0) is 50.5 Å². The van der Waals surface area contributed by atoms with Crippen molar-refractivity contribution in [2.24, 2.45) is 0 Å². The van der Waals surface area contributed by atoms with Gasteiger partial charge in [-0.1, -0.05) is 17.7 Å². The van der Waals surface area contributed by atoms with Crippen molar-refractivity contribution in [1.29, 1.82) is 0 Å². The molecule has 1 aromatic heterocycles. The van der Waals surface area contributed by atoms with Gasteiger partial charge in [-0.15, -0.1) is 0 Å². The van der Waals surface area contributed by atoms with Crippen LogP contribution in [0.5, 0.6) is 0 Å². The van der Waals surface area contributed by atoms with Crippen LogP contribution in [0.3, 0.4) is 0 Å². The molecule has 0 saturated carbocycles. The molecule has 1 aromatic carbocycles. The summed E-state index contributed by atoms with van der Waals surface area (Å²) in [4.78, 5) is 31.2. The Hall–Kier alpha value is -2.69. The topological polar surface area (TPSA) is 62.3 Å². The minimum absolute atomic E-state index is 0.00357. The van der Waals surface area contributed by atoms with Gasteiger partial charge >= 0.3 is 0 Å². The molecule has 2 aromatic rings. The van der Waals surface area contributed by atoms with E-state index in [1.165, 1.54) is 12.8 Å². The summed E-state index contributed by atoms with van der Waals surface area (Å²) >= 11 is 0. The van der Waals surface area contributed by atoms with E-state index in [0.29, 0.717) is 11.3 Å². The normalized spacial score (nSPS) is 13.7. The summed E-state index contributed by atoms with van der Waals surface area (Å²) in [7, 11) is 0. The van der Waals surface area contributed by atoms with E-state index in [9.17, 15) is 9.59 Å². The molecule has 5 heteroatoms. The van der Waals surface area contributed by atoms with Crippen LogP contribution in [0.15, 0.2) is 36.5 Å².